The Bertz CT molecular complexity index is 849. The van der Waals surface area contributed by atoms with E-state index in [1.54, 1.807) is 16.0 Å². The number of nitrogens with zero attached hydrogens (tertiary/aromatic N) is 4. The van der Waals surface area contributed by atoms with Crippen molar-refractivity contribution in [3.63, 3.8) is 0 Å². The lowest BCUT2D eigenvalue weighted by molar-refractivity contribution is -0.139. The molecular formula is C16H22N4O5S. The van der Waals surface area contributed by atoms with Gasteiger partial charge in [0.25, 0.3) is 5.91 Å². The van der Waals surface area contributed by atoms with Gasteiger partial charge in [-0.15, -0.1) is 0 Å². The number of carbonyl (C=O) groups is 2. The normalized spacial score (nSPS) is 27.8. The Morgan fingerprint density at radius 2 is 1.92 bits per heavy atom. The molecule has 1 aromatic rings. The monoisotopic (exact) mass is 382 g/mol. The summed E-state index contributed by atoms with van der Waals surface area (Å²) in [7, 11) is -3.30. The smallest absolute Gasteiger partial charge is 0.317 e. The van der Waals surface area contributed by atoms with Crippen molar-refractivity contribution < 1.29 is 23.1 Å². The number of piperazine rings is 1. The van der Waals surface area contributed by atoms with E-state index in [1.807, 2.05) is 4.68 Å². The van der Waals surface area contributed by atoms with E-state index in [9.17, 15) is 18.0 Å². The summed E-state index contributed by atoms with van der Waals surface area (Å²) in [5.74, 6) is -1.38. The number of amides is 1. The van der Waals surface area contributed by atoms with Crippen molar-refractivity contribution in [1.29, 1.82) is 0 Å². The van der Waals surface area contributed by atoms with E-state index >= 15 is 0 Å². The fourth-order valence-corrected chi connectivity index (χ4v) is 6.41. The van der Waals surface area contributed by atoms with Crippen LogP contribution in [0.5, 0.6) is 0 Å². The molecule has 3 aliphatic heterocycles. The van der Waals surface area contributed by atoms with Crippen molar-refractivity contribution in [2.75, 3.05) is 31.1 Å². The zero-order valence-corrected chi connectivity index (χ0v) is 15.2. The van der Waals surface area contributed by atoms with E-state index in [4.69, 9.17) is 5.11 Å². The number of rotatable bonds is 3. The molecule has 3 aliphatic rings. The van der Waals surface area contributed by atoms with Crippen molar-refractivity contribution in [3.8, 4) is 0 Å². The topological polar surface area (TPSA) is 113 Å². The maximum Gasteiger partial charge on any atom is 0.317 e. The van der Waals surface area contributed by atoms with Crippen LogP contribution in [-0.2, 0) is 27.6 Å². The van der Waals surface area contributed by atoms with Crippen LogP contribution >= 0.6 is 0 Å². The number of sulfone groups is 1. The predicted molar refractivity (Wildman–Crippen MR) is 91.6 cm³/mol. The Morgan fingerprint density at radius 1 is 1.15 bits per heavy atom. The standard InChI is InChI=1S/C16H22N4O5S/c21-15(22)8-18-5-6-19(14-10-26(24,25)9-13(14)18)16(23)11-7-17-20-4-2-1-3-12(11)20/h7,13-14H,1-6,8-10H2,(H,21,22)/t13-,14+/m1/s1. The fraction of sp³-hybridized carbons (Fsp3) is 0.688. The highest BCUT2D eigenvalue weighted by molar-refractivity contribution is 7.91. The molecule has 0 radical (unpaired) electrons. The van der Waals surface area contributed by atoms with Gasteiger partial charge in [0.15, 0.2) is 9.84 Å². The first-order chi connectivity index (χ1) is 12.4. The highest BCUT2D eigenvalue weighted by atomic mass is 32.2. The summed E-state index contributed by atoms with van der Waals surface area (Å²) in [5.41, 5.74) is 1.48. The molecule has 2 saturated heterocycles. The Labute approximate surface area is 151 Å². The van der Waals surface area contributed by atoms with Crippen LogP contribution in [0.25, 0.3) is 0 Å². The minimum Gasteiger partial charge on any atom is -0.480 e. The van der Waals surface area contributed by atoms with Gasteiger partial charge in [-0.05, 0) is 19.3 Å². The van der Waals surface area contributed by atoms with Crippen molar-refractivity contribution in [1.82, 2.24) is 19.6 Å². The minimum absolute atomic E-state index is 0.0964. The molecule has 0 aromatic carbocycles. The third kappa shape index (κ3) is 3.01. The van der Waals surface area contributed by atoms with Crippen LogP contribution in [-0.4, -0.2) is 88.2 Å². The lowest BCUT2D eigenvalue weighted by Gasteiger charge is -2.43. The van der Waals surface area contributed by atoms with E-state index in [1.165, 1.54) is 0 Å². The summed E-state index contributed by atoms with van der Waals surface area (Å²) in [6.07, 6.45) is 4.44. The minimum atomic E-state index is -3.30. The number of hydrogen-bond acceptors (Lipinski definition) is 6. The Balaban J connectivity index is 1.62. The highest BCUT2D eigenvalue weighted by Gasteiger charge is 2.48. The molecule has 4 rings (SSSR count). The molecule has 0 saturated carbocycles. The van der Waals surface area contributed by atoms with Gasteiger partial charge in [-0.25, -0.2) is 8.42 Å². The van der Waals surface area contributed by atoms with Gasteiger partial charge in [0, 0.05) is 25.7 Å². The number of fused-ring (bicyclic) bond motifs is 2. The molecule has 4 heterocycles. The highest BCUT2D eigenvalue weighted by Crippen LogP contribution is 2.29. The second kappa shape index (κ2) is 6.34. The summed E-state index contributed by atoms with van der Waals surface area (Å²) in [5, 5.41) is 13.4. The van der Waals surface area contributed by atoms with Gasteiger partial charge in [0.1, 0.15) is 0 Å². The van der Waals surface area contributed by atoms with Crippen LogP contribution in [0, 0.1) is 0 Å². The third-order valence-corrected chi connectivity index (χ3v) is 7.30. The number of carboxylic acids is 1. The Morgan fingerprint density at radius 3 is 2.69 bits per heavy atom. The second-order valence-electron chi connectivity index (χ2n) is 7.26. The lowest BCUT2D eigenvalue weighted by atomic mass is 10.0. The molecule has 1 aromatic heterocycles. The predicted octanol–water partition coefficient (Wildman–Crippen LogP) is -0.773. The zero-order valence-electron chi connectivity index (χ0n) is 14.4. The van der Waals surface area contributed by atoms with Gasteiger partial charge in [-0.2, -0.15) is 5.10 Å². The number of aromatic nitrogens is 2. The molecule has 2 atom stereocenters. The zero-order chi connectivity index (χ0) is 18.5. The number of carbonyl (C=O) groups excluding carboxylic acids is 1. The number of aryl methyl sites for hydroxylation is 1. The van der Waals surface area contributed by atoms with Gasteiger partial charge >= 0.3 is 5.97 Å². The molecule has 1 amide bonds. The van der Waals surface area contributed by atoms with Crippen LogP contribution in [0.1, 0.15) is 28.9 Å². The molecule has 0 bridgehead atoms. The van der Waals surface area contributed by atoms with E-state index < -0.39 is 27.9 Å². The molecule has 2 fully saturated rings. The van der Waals surface area contributed by atoms with Crippen molar-refractivity contribution in [2.45, 2.75) is 37.9 Å². The summed E-state index contributed by atoms with van der Waals surface area (Å²) in [6, 6.07) is -0.958. The molecule has 0 aliphatic carbocycles. The molecule has 10 heteroatoms. The molecule has 1 N–H and O–H groups in total. The number of carboxylic acid groups (broad SMARTS) is 1. The average molecular weight is 382 g/mol. The van der Waals surface area contributed by atoms with Crippen LogP contribution in [0.2, 0.25) is 0 Å². The summed E-state index contributed by atoms with van der Waals surface area (Å²) < 4.78 is 26.2. The summed E-state index contributed by atoms with van der Waals surface area (Å²) in [4.78, 5) is 27.6. The summed E-state index contributed by atoms with van der Waals surface area (Å²) >= 11 is 0. The first-order valence-corrected chi connectivity index (χ1v) is 10.7. The van der Waals surface area contributed by atoms with Gasteiger partial charge < -0.3 is 10.0 Å². The Hall–Kier alpha value is -1.94. The van der Waals surface area contributed by atoms with Crippen molar-refractivity contribution >= 4 is 21.7 Å². The lowest BCUT2D eigenvalue weighted by Crippen LogP contribution is -2.61. The maximum atomic E-state index is 13.2. The first-order valence-electron chi connectivity index (χ1n) is 8.87. The Kier molecular flexibility index (Phi) is 4.26. The molecule has 142 valence electrons. The number of aliphatic carboxylic acids is 1. The number of hydrogen-bond donors (Lipinski definition) is 1. The van der Waals surface area contributed by atoms with Gasteiger partial charge in [0.05, 0.1) is 41.5 Å². The largest absolute Gasteiger partial charge is 0.480 e. The van der Waals surface area contributed by atoms with Gasteiger partial charge in [0.2, 0.25) is 0 Å². The van der Waals surface area contributed by atoms with Crippen LogP contribution < -0.4 is 0 Å². The first kappa shape index (κ1) is 17.5. The van der Waals surface area contributed by atoms with Crippen LogP contribution in [0.4, 0.5) is 0 Å². The van der Waals surface area contributed by atoms with Crippen molar-refractivity contribution in [3.05, 3.63) is 17.5 Å². The van der Waals surface area contributed by atoms with Gasteiger partial charge in [-0.1, -0.05) is 0 Å². The van der Waals surface area contributed by atoms with Crippen LogP contribution in [0.15, 0.2) is 6.20 Å². The molecule has 9 nitrogen and oxygen atoms in total. The van der Waals surface area contributed by atoms with Crippen LogP contribution in [0.3, 0.4) is 0 Å². The molecular weight excluding hydrogens is 360 g/mol. The molecule has 0 unspecified atom stereocenters. The van der Waals surface area contributed by atoms with Gasteiger partial charge in [-0.3, -0.25) is 19.2 Å². The SMILES string of the molecule is O=C(O)CN1CCN(C(=O)c2cnn3c2CCCC3)[C@H]2CS(=O)(=O)C[C@H]21. The second-order valence-corrected chi connectivity index (χ2v) is 9.41. The quantitative estimate of drug-likeness (QED) is 0.730. The van der Waals surface area contributed by atoms with Crippen molar-refractivity contribution in [2.24, 2.45) is 0 Å². The maximum absolute atomic E-state index is 13.2. The van der Waals surface area contributed by atoms with E-state index in [0.717, 1.165) is 31.5 Å². The van der Waals surface area contributed by atoms with E-state index in [2.05, 4.69) is 5.10 Å². The summed E-state index contributed by atoms with van der Waals surface area (Å²) in [6.45, 7) is 1.28. The molecule has 26 heavy (non-hydrogen) atoms. The molecule has 0 spiro atoms. The van der Waals surface area contributed by atoms with E-state index in [-0.39, 0.29) is 24.0 Å². The average Bonchev–Trinajstić information content (AvgIpc) is 3.14. The fourth-order valence-electron chi connectivity index (χ4n) is 4.40. The third-order valence-electron chi connectivity index (χ3n) is 5.60. The van der Waals surface area contributed by atoms with E-state index in [0.29, 0.717) is 18.7 Å².